The summed E-state index contributed by atoms with van der Waals surface area (Å²) < 4.78 is 24.8. The fourth-order valence-corrected chi connectivity index (χ4v) is 2.27. The first-order chi connectivity index (χ1) is 7.39. The Morgan fingerprint density at radius 2 is 1.81 bits per heavy atom. The fourth-order valence-electron chi connectivity index (χ4n) is 1.09. The van der Waals surface area contributed by atoms with Crippen LogP contribution in [0.15, 0.2) is 29.2 Å². The minimum Gasteiger partial charge on any atom is -0.258 e. The maximum atomic E-state index is 11.8. The Morgan fingerprint density at radius 3 is 2.19 bits per heavy atom. The van der Waals surface area contributed by atoms with Gasteiger partial charge in [-0.1, -0.05) is 6.92 Å². The average molecular weight is 244 g/mol. The first kappa shape index (κ1) is 12.6. The van der Waals surface area contributed by atoms with Crippen LogP contribution in [-0.2, 0) is 10.0 Å². The molecule has 1 aromatic rings. The SMILES string of the molecule is CCN(C)S(=O)(=O)c1ccc([N+](=O)[O-])cc1. The summed E-state index contributed by atoms with van der Waals surface area (Å²) in [5.41, 5.74) is -0.127. The van der Waals surface area contributed by atoms with E-state index >= 15 is 0 Å². The number of benzene rings is 1. The van der Waals surface area contributed by atoms with E-state index in [1.807, 2.05) is 0 Å². The van der Waals surface area contributed by atoms with E-state index in [2.05, 4.69) is 0 Å². The lowest BCUT2D eigenvalue weighted by Gasteiger charge is -2.14. The van der Waals surface area contributed by atoms with E-state index in [9.17, 15) is 18.5 Å². The van der Waals surface area contributed by atoms with Crippen LogP contribution in [0.25, 0.3) is 0 Å². The molecule has 0 spiro atoms. The number of sulfonamides is 1. The van der Waals surface area contributed by atoms with Crippen LogP contribution < -0.4 is 0 Å². The number of nitrogens with zero attached hydrogens (tertiary/aromatic N) is 2. The summed E-state index contributed by atoms with van der Waals surface area (Å²) in [6, 6.07) is 4.83. The Bertz CT molecular complexity index is 481. The molecule has 6 nitrogen and oxygen atoms in total. The van der Waals surface area contributed by atoms with Gasteiger partial charge in [0.05, 0.1) is 9.82 Å². The zero-order chi connectivity index (χ0) is 12.3. The van der Waals surface area contributed by atoms with E-state index in [1.54, 1.807) is 6.92 Å². The number of non-ortho nitro benzene ring substituents is 1. The largest absolute Gasteiger partial charge is 0.269 e. The highest BCUT2D eigenvalue weighted by Gasteiger charge is 2.19. The third-order valence-corrected chi connectivity index (χ3v) is 4.15. The number of nitro groups is 1. The van der Waals surface area contributed by atoms with Crippen LogP contribution in [0.5, 0.6) is 0 Å². The average Bonchev–Trinajstić information content (AvgIpc) is 2.28. The molecular formula is C9H12N2O4S. The Balaban J connectivity index is 3.12. The van der Waals surface area contributed by atoms with Gasteiger partial charge in [0.25, 0.3) is 5.69 Å². The van der Waals surface area contributed by atoms with E-state index in [0.29, 0.717) is 6.54 Å². The Kier molecular flexibility index (Phi) is 3.61. The van der Waals surface area contributed by atoms with Gasteiger partial charge in [-0.2, -0.15) is 0 Å². The van der Waals surface area contributed by atoms with Crippen LogP contribution in [0.3, 0.4) is 0 Å². The van der Waals surface area contributed by atoms with Gasteiger partial charge in [-0.25, -0.2) is 12.7 Å². The van der Waals surface area contributed by atoms with Gasteiger partial charge >= 0.3 is 0 Å². The topological polar surface area (TPSA) is 80.5 Å². The van der Waals surface area contributed by atoms with E-state index in [4.69, 9.17) is 0 Å². The normalized spacial score (nSPS) is 11.7. The van der Waals surface area contributed by atoms with Crippen LogP contribution in [0.1, 0.15) is 6.92 Å². The number of rotatable bonds is 4. The van der Waals surface area contributed by atoms with Gasteiger partial charge in [0.1, 0.15) is 0 Å². The van der Waals surface area contributed by atoms with Gasteiger partial charge in [-0.05, 0) is 12.1 Å². The van der Waals surface area contributed by atoms with Gasteiger partial charge in [0, 0.05) is 25.7 Å². The van der Waals surface area contributed by atoms with Crippen molar-refractivity contribution < 1.29 is 13.3 Å². The number of hydrogen-bond acceptors (Lipinski definition) is 4. The monoisotopic (exact) mass is 244 g/mol. The molecule has 0 aromatic heterocycles. The van der Waals surface area contributed by atoms with Crippen molar-refractivity contribution in [3.63, 3.8) is 0 Å². The van der Waals surface area contributed by atoms with Gasteiger partial charge in [-0.3, -0.25) is 10.1 Å². The minimum absolute atomic E-state index is 0.0578. The summed E-state index contributed by atoms with van der Waals surface area (Å²) in [6.45, 7) is 2.06. The molecule has 0 bridgehead atoms. The molecule has 16 heavy (non-hydrogen) atoms. The molecule has 0 fully saturated rings. The molecule has 0 radical (unpaired) electrons. The second-order valence-corrected chi connectivity index (χ2v) is 5.22. The van der Waals surface area contributed by atoms with Crippen molar-refractivity contribution >= 4 is 15.7 Å². The first-order valence-corrected chi connectivity index (χ1v) is 6.04. The first-order valence-electron chi connectivity index (χ1n) is 4.60. The van der Waals surface area contributed by atoms with Gasteiger partial charge < -0.3 is 0 Å². The van der Waals surface area contributed by atoms with Gasteiger partial charge in [0.15, 0.2) is 0 Å². The molecule has 0 saturated carbocycles. The molecule has 0 amide bonds. The molecular weight excluding hydrogens is 232 g/mol. The quantitative estimate of drug-likeness (QED) is 0.589. The minimum atomic E-state index is -3.52. The molecule has 0 saturated heterocycles. The van der Waals surface area contributed by atoms with Crippen LogP contribution in [0, 0.1) is 10.1 Å². The van der Waals surface area contributed by atoms with Crippen LogP contribution in [0.4, 0.5) is 5.69 Å². The van der Waals surface area contributed by atoms with Crippen LogP contribution in [-0.4, -0.2) is 31.2 Å². The maximum Gasteiger partial charge on any atom is 0.269 e. The summed E-state index contributed by atoms with van der Waals surface area (Å²) in [6.07, 6.45) is 0. The lowest BCUT2D eigenvalue weighted by Crippen LogP contribution is -2.26. The van der Waals surface area contributed by atoms with Crippen LogP contribution >= 0.6 is 0 Å². The van der Waals surface area contributed by atoms with E-state index in [1.165, 1.54) is 35.6 Å². The second kappa shape index (κ2) is 4.58. The lowest BCUT2D eigenvalue weighted by atomic mass is 10.3. The zero-order valence-corrected chi connectivity index (χ0v) is 9.77. The molecule has 88 valence electrons. The van der Waals surface area contributed by atoms with Crippen molar-refractivity contribution in [3.05, 3.63) is 34.4 Å². The van der Waals surface area contributed by atoms with Crippen LogP contribution in [0.2, 0.25) is 0 Å². The Labute approximate surface area is 93.7 Å². The highest BCUT2D eigenvalue weighted by atomic mass is 32.2. The van der Waals surface area contributed by atoms with E-state index < -0.39 is 14.9 Å². The van der Waals surface area contributed by atoms with Crippen molar-refractivity contribution in [2.75, 3.05) is 13.6 Å². The molecule has 7 heteroatoms. The molecule has 0 heterocycles. The van der Waals surface area contributed by atoms with Crippen molar-refractivity contribution in [3.8, 4) is 0 Å². The molecule has 0 aliphatic heterocycles. The number of hydrogen-bond donors (Lipinski definition) is 0. The third kappa shape index (κ3) is 2.37. The predicted octanol–water partition coefficient (Wildman–Crippen LogP) is 1.24. The van der Waals surface area contributed by atoms with Crippen molar-refractivity contribution in [1.82, 2.24) is 4.31 Å². The second-order valence-electron chi connectivity index (χ2n) is 3.17. The highest BCUT2D eigenvalue weighted by molar-refractivity contribution is 7.89. The summed E-state index contributed by atoms with van der Waals surface area (Å²) in [4.78, 5) is 9.89. The smallest absolute Gasteiger partial charge is 0.258 e. The number of nitro benzene ring substituents is 1. The third-order valence-electron chi connectivity index (χ3n) is 2.20. The molecule has 0 atom stereocenters. The Hall–Kier alpha value is -1.47. The predicted molar refractivity (Wildman–Crippen MR) is 58.6 cm³/mol. The highest BCUT2D eigenvalue weighted by Crippen LogP contribution is 2.18. The molecule has 0 aliphatic rings. The maximum absolute atomic E-state index is 11.8. The summed E-state index contributed by atoms with van der Waals surface area (Å²) in [5, 5.41) is 10.4. The molecule has 1 rings (SSSR count). The lowest BCUT2D eigenvalue weighted by molar-refractivity contribution is -0.384. The molecule has 0 unspecified atom stereocenters. The zero-order valence-electron chi connectivity index (χ0n) is 8.95. The van der Waals surface area contributed by atoms with Crippen molar-refractivity contribution in [2.45, 2.75) is 11.8 Å². The Morgan fingerprint density at radius 1 is 1.31 bits per heavy atom. The van der Waals surface area contributed by atoms with Crippen molar-refractivity contribution in [1.29, 1.82) is 0 Å². The van der Waals surface area contributed by atoms with E-state index in [-0.39, 0.29) is 10.6 Å². The summed E-state index contributed by atoms with van der Waals surface area (Å²) in [7, 11) is -2.07. The van der Waals surface area contributed by atoms with Crippen molar-refractivity contribution in [2.24, 2.45) is 0 Å². The van der Waals surface area contributed by atoms with Gasteiger partial charge in [0.2, 0.25) is 10.0 Å². The molecule has 0 N–H and O–H groups in total. The summed E-state index contributed by atoms with van der Waals surface area (Å²) in [5.74, 6) is 0. The van der Waals surface area contributed by atoms with E-state index in [0.717, 1.165) is 0 Å². The standard InChI is InChI=1S/C9H12N2O4S/c1-3-10(2)16(14,15)9-6-4-8(5-7-9)11(12)13/h4-7H,3H2,1-2H3. The van der Waals surface area contributed by atoms with Gasteiger partial charge in [-0.15, -0.1) is 0 Å². The molecule has 1 aromatic carbocycles. The molecule has 0 aliphatic carbocycles. The summed E-state index contributed by atoms with van der Waals surface area (Å²) >= 11 is 0. The fraction of sp³-hybridized carbons (Fsp3) is 0.333.